The lowest BCUT2D eigenvalue weighted by Gasteiger charge is -2.32. The van der Waals surface area contributed by atoms with Gasteiger partial charge in [-0.15, -0.1) is 0 Å². The maximum Gasteiger partial charge on any atom is 0.233 e. The largest absolute Gasteiger partial charge is 0.382 e. The number of aromatic nitrogens is 5. The first-order chi connectivity index (χ1) is 18.1. The minimum atomic E-state index is -0.261. The van der Waals surface area contributed by atoms with Crippen LogP contribution < -0.4 is 11.1 Å². The highest BCUT2D eigenvalue weighted by molar-refractivity contribution is 5.92. The average molecular weight is 497 g/mol. The molecule has 3 aromatic heterocycles. The number of carbonyl (C=O) groups excluding carboxylic acids is 1. The van der Waals surface area contributed by atoms with E-state index in [4.69, 9.17) is 15.6 Å². The number of nitrogens with zero attached hydrogens (tertiary/aromatic N) is 6. The van der Waals surface area contributed by atoms with Crippen molar-refractivity contribution < 1.29 is 9.53 Å². The molecule has 1 aliphatic heterocycles. The second-order valence-electron chi connectivity index (χ2n) is 9.24. The second kappa shape index (κ2) is 9.64. The predicted molar refractivity (Wildman–Crippen MR) is 141 cm³/mol. The van der Waals surface area contributed by atoms with Crippen molar-refractivity contribution in [1.82, 2.24) is 34.6 Å². The summed E-state index contributed by atoms with van der Waals surface area (Å²) in [5, 5.41) is 13.1. The fraction of sp³-hybridized carbons (Fsp3) is 0.259. The zero-order valence-electron chi connectivity index (χ0n) is 20.5. The van der Waals surface area contributed by atoms with E-state index in [1.54, 1.807) is 7.05 Å². The molecule has 3 N–H and O–H groups in total. The van der Waals surface area contributed by atoms with Gasteiger partial charge >= 0.3 is 0 Å². The molecule has 1 aliphatic rings. The monoisotopic (exact) mass is 496 g/mol. The zero-order valence-corrected chi connectivity index (χ0v) is 20.5. The summed E-state index contributed by atoms with van der Waals surface area (Å²) in [4.78, 5) is 18.3. The van der Waals surface area contributed by atoms with Crippen molar-refractivity contribution in [2.45, 2.75) is 12.6 Å². The normalized spacial score (nSPS) is 16.4. The Balaban J connectivity index is 1.36. The molecular weight excluding hydrogens is 468 g/mol. The molecule has 1 fully saturated rings. The summed E-state index contributed by atoms with van der Waals surface area (Å²) >= 11 is 0. The van der Waals surface area contributed by atoms with Crippen LogP contribution in [0.4, 0.5) is 5.82 Å². The summed E-state index contributed by atoms with van der Waals surface area (Å²) < 4.78 is 9.89. The quantitative estimate of drug-likeness (QED) is 0.371. The van der Waals surface area contributed by atoms with Crippen LogP contribution in [0.15, 0.2) is 67.1 Å². The van der Waals surface area contributed by atoms with Crippen LogP contribution >= 0.6 is 0 Å². The van der Waals surface area contributed by atoms with Gasteiger partial charge in [-0.1, -0.05) is 42.5 Å². The Labute approximate surface area is 213 Å². The molecule has 4 heterocycles. The van der Waals surface area contributed by atoms with Crippen molar-refractivity contribution in [3.8, 4) is 11.1 Å². The van der Waals surface area contributed by atoms with Crippen molar-refractivity contribution in [3.63, 3.8) is 0 Å². The van der Waals surface area contributed by atoms with Crippen molar-refractivity contribution in [3.05, 3.63) is 78.4 Å². The molecule has 0 aliphatic carbocycles. The lowest BCUT2D eigenvalue weighted by molar-refractivity contribution is -0.124. The number of nitrogen functional groups attached to an aromatic ring is 1. The highest BCUT2D eigenvalue weighted by Gasteiger charge is 2.28. The minimum absolute atomic E-state index is 0.0204. The summed E-state index contributed by atoms with van der Waals surface area (Å²) in [5.41, 5.74) is 11.9. The number of morpholine rings is 1. The van der Waals surface area contributed by atoms with Gasteiger partial charge in [0.2, 0.25) is 5.91 Å². The minimum Gasteiger partial charge on any atom is -0.382 e. The molecule has 6 rings (SSSR count). The molecule has 1 amide bonds. The molecule has 2 aromatic carbocycles. The summed E-state index contributed by atoms with van der Waals surface area (Å²) in [6.07, 6.45) is 3.25. The number of nitrogens with one attached hydrogen (secondary N) is 1. The molecule has 0 radical (unpaired) electrons. The molecular formula is C27H28N8O2. The lowest BCUT2D eigenvalue weighted by Crippen LogP contribution is -2.43. The average Bonchev–Trinajstić information content (AvgIpc) is 3.51. The Morgan fingerprint density at radius 2 is 2.05 bits per heavy atom. The molecule has 0 spiro atoms. The Bertz CT molecular complexity index is 1580. The van der Waals surface area contributed by atoms with E-state index in [0.717, 1.165) is 33.2 Å². The molecule has 10 heteroatoms. The summed E-state index contributed by atoms with van der Waals surface area (Å²) in [6.45, 7) is 2.82. The van der Waals surface area contributed by atoms with E-state index in [9.17, 15) is 4.79 Å². The van der Waals surface area contributed by atoms with Crippen LogP contribution in [0.3, 0.4) is 0 Å². The van der Waals surface area contributed by atoms with Gasteiger partial charge in [0.25, 0.3) is 0 Å². The van der Waals surface area contributed by atoms with Gasteiger partial charge in [-0.05, 0) is 23.3 Å². The van der Waals surface area contributed by atoms with E-state index in [1.807, 2.05) is 27.4 Å². The lowest BCUT2D eigenvalue weighted by atomic mass is 10.0. The number of ether oxygens (including phenoxy) is 1. The third kappa shape index (κ3) is 4.52. The van der Waals surface area contributed by atoms with Crippen molar-refractivity contribution in [2.75, 3.05) is 39.0 Å². The van der Waals surface area contributed by atoms with Crippen LogP contribution in [0.1, 0.15) is 17.4 Å². The Hall–Kier alpha value is -4.28. The third-order valence-electron chi connectivity index (χ3n) is 6.79. The maximum atomic E-state index is 11.9. The first kappa shape index (κ1) is 23.1. The molecule has 0 bridgehead atoms. The van der Waals surface area contributed by atoms with Crippen LogP contribution in [-0.2, 0) is 16.1 Å². The Morgan fingerprint density at radius 1 is 1.19 bits per heavy atom. The van der Waals surface area contributed by atoms with E-state index in [2.05, 4.69) is 62.9 Å². The van der Waals surface area contributed by atoms with Crippen LogP contribution in [0, 0.1) is 0 Å². The summed E-state index contributed by atoms with van der Waals surface area (Å²) in [7, 11) is 1.65. The first-order valence-electron chi connectivity index (χ1n) is 12.3. The zero-order chi connectivity index (χ0) is 25.4. The molecule has 1 unspecified atom stereocenters. The fourth-order valence-corrected chi connectivity index (χ4v) is 4.94. The highest BCUT2D eigenvalue weighted by Crippen LogP contribution is 2.35. The first-order valence-corrected chi connectivity index (χ1v) is 12.3. The molecule has 1 saturated heterocycles. The highest BCUT2D eigenvalue weighted by atomic mass is 16.5. The Kier molecular flexibility index (Phi) is 6.03. The number of likely N-dealkylation sites (N-methyl/N-ethyl adjacent to an activating group) is 1. The van der Waals surface area contributed by atoms with Crippen LogP contribution in [0.5, 0.6) is 0 Å². The van der Waals surface area contributed by atoms with Gasteiger partial charge in [-0.25, -0.2) is 9.50 Å². The number of hydrogen-bond acceptors (Lipinski definition) is 7. The van der Waals surface area contributed by atoms with E-state index >= 15 is 0 Å². The SMILES string of the molecule is CNC(=O)CN1CCOC(c2cc(-c3ccc4cn(Cc5ccccc5)nc4c3)c3c(N)ncnn23)C1. The van der Waals surface area contributed by atoms with Gasteiger partial charge in [-0.2, -0.15) is 10.2 Å². The second-order valence-corrected chi connectivity index (χ2v) is 9.24. The molecule has 37 heavy (non-hydrogen) atoms. The molecule has 0 saturated carbocycles. The number of rotatable bonds is 6. The number of carbonyl (C=O) groups is 1. The van der Waals surface area contributed by atoms with Crippen LogP contribution in [0.2, 0.25) is 0 Å². The number of anilines is 1. The molecule has 5 aromatic rings. The van der Waals surface area contributed by atoms with Crippen molar-refractivity contribution in [1.29, 1.82) is 0 Å². The van der Waals surface area contributed by atoms with E-state index in [1.165, 1.54) is 11.9 Å². The van der Waals surface area contributed by atoms with E-state index in [0.29, 0.717) is 38.6 Å². The van der Waals surface area contributed by atoms with E-state index < -0.39 is 0 Å². The van der Waals surface area contributed by atoms with Gasteiger partial charge in [0.15, 0.2) is 5.82 Å². The Morgan fingerprint density at radius 3 is 2.89 bits per heavy atom. The smallest absolute Gasteiger partial charge is 0.233 e. The molecule has 1 atom stereocenters. The van der Waals surface area contributed by atoms with Gasteiger partial charge in [0.1, 0.15) is 17.9 Å². The fourth-order valence-electron chi connectivity index (χ4n) is 4.94. The number of nitrogens with two attached hydrogens (primary N) is 1. The third-order valence-corrected chi connectivity index (χ3v) is 6.79. The van der Waals surface area contributed by atoms with Crippen molar-refractivity contribution in [2.24, 2.45) is 0 Å². The van der Waals surface area contributed by atoms with Gasteiger partial charge in [0, 0.05) is 37.3 Å². The number of amides is 1. The van der Waals surface area contributed by atoms with Crippen LogP contribution in [0.25, 0.3) is 27.5 Å². The maximum absolute atomic E-state index is 11.9. The van der Waals surface area contributed by atoms with Gasteiger partial charge < -0.3 is 15.8 Å². The number of fused-ring (bicyclic) bond motifs is 2. The summed E-state index contributed by atoms with van der Waals surface area (Å²) in [5.74, 6) is 0.372. The van der Waals surface area contributed by atoms with Crippen LogP contribution in [-0.4, -0.2) is 68.5 Å². The summed E-state index contributed by atoms with van der Waals surface area (Å²) in [6, 6.07) is 18.6. The molecule has 10 nitrogen and oxygen atoms in total. The number of benzene rings is 2. The predicted octanol–water partition coefficient (Wildman–Crippen LogP) is 2.50. The van der Waals surface area contributed by atoms with Gasteiger partial charge in [0.05, 0.1) is 30.9 Å². The number of hydrogen-bond donors (Lipinski definition) is 2. The molecule has 188 valence electrons. The topological polar surface area (TPSA) is 116 Å². The standard InChI is InChI=1S/C27H28N8O2/c1-29-25(36)16-33-9-10-37-24(15-33)23-12-21(26-27(28)30-17-31-35(23)26)19-7-8-20-14-34(32-22(20)11-19)13-18-5-3-2-4-6-18/h2-8,11-12,14,17,24H,9-10,13,15-16H2,1H3,(H,29,36)(H2,28,30,31). The van der Waals surface area contributed by atoms with E-state index in [-0.39, 0.29) is 12.0 Å². The van der Waals surface area contributed by atoms with Crippen molar-refractivity contribution >= 4 is 28.1 Å². The van der Waals surface area contributed by atoms with Gasteiger partial charge in [-0.3, -0.25) is 14.4 Å².